The molecule has 264 valence electrons. The van der Waals surface area contributed by atoms with Crippen LogP contribution >= 0.6 is 11.8 Å². The van der Waals surface area contributed by atoms with Gasteiger partial charge < -0.3 is 41.8 Å². The molecule has 1 aromatic heterocycles. The van der Waals surface area contributed by atoms with Crippen LogP contribution in [0.1, 0.15) is 43.7 Å². The number of unbranched alkanes of at least 4 members (excludes halogenated alkanes) is 1. The second-order valence-electron chi connectivity index (χ2n) is 11.4. The highest BCUT2D eigenvalue weighted by atomic mass is 32.2. The number of rotatable bonds is 20. The zero-order chi connectivity index (χ0) is 35.8. The molecule has 3 aromatic rings. The molecular weight excluding hydrogens is 652 g/mol. The molecule has 0 spiro atoms. The van der Waals surface area contributed by atoms with Gasteiger partial charge in [-0.3, -0.25) is 24.0 Å². The molecule has 0 aliphatic heterocycles. The van der Waals surface area contributed by atoms with Gasteiger partial charge in [0.2, 0.25) is 23.6 Å². The van der Waals surface area contributed by atoms with Gasteiger partial charge in [0.1, 0.15) is 24.2 Å². The van der Waals surface area contributed by atoms with Gasteiger partial charge in [0, 0.05) is 29.9 Å². The number of ether oxygens (including phenoxy) is 1. The summed E-state index contributed by atoms with van der Waals surface area (Å²) < 4.78 is 5.24. The Morgan fingerprint density at radius 1 is 0.837 bits per heavy atom. The molecule has 8 N–H and O–H groups in total. The van der Waals surface area contributed by atoms with Crippen LogP contribution in [-0.2, 0) is 41.6 Å². The van der Waals surface area contributed by atoms with E-state index < -0.39 is 66.3 Å². The van der Waals surface area contributed by atoms with Crippen LogP contribution in [0.2, 0.25) is 0 Å². The first-order valence-electron chi connectivity index (χ1n) is 16.0. The molecule has 0 bridgehead atoms. The maximum Gasteiger partial charge on any atom is 0.407 e. The summed E-state index contributed by atoms with van der Waals surface area (Å²) in [4.78, 5) is 80.2. The molecule has 5 amide bonds. The Balaban J connectivity index is 1.79. The molecular formula is C34H44N6O8S. The number of nitrogens with one attached hydrogen (secondary N) is 5. The Morgan fingerprint density at radius 3 is 2.14 bits per heavy atom. The average molecular weight is 697 g/mol. The molecule has 3 rings (SSSR count). The lowest BCUT2D eigenvalue weighted by Gasteiger charge is -2.25. The van der Waals surface area contributed by atoms with Crippen LogP contribution in [0.4, 0.5) is 4.79 Å². The van der Waals surface area contributed by atoms with Gasteiger partial charge in [0.05, 0.1) is 13.0 Å². The van der Waals surface area contributed by atoms with Crippen molar-refractivity contribution in [3.63, 3.8) is 0 Å². The monoisotopic (exact) mass is 696 g/mol. The third-order valence-electron chi connectivity index (χ3n) is 7.64. The van der Waals surface area contributed by atoms with Crippen LogP contribution in [0.15, 0.2) is 60.8 Å². The Bertz CT molecular complexity index is 1580. The number of amides is 5. The number of carbonyl (C=O) groups is 6. The number of hydrogen-bond acceptors (Lipinski definition) is 8. The second-order valence-corrected chi connectivity index (χ2v) is 12.4. The third-order valence-corrected chi connectivity index (χ3v) is 8.28. The summed E-state index contributed by atoms with van der Waals surface area (Å²) in [5.41, 5.74) is 7.81. The number of carboxylic acids is 1. The van der Waals surface area contributed by atoms with Gasteiger partial charge >= 0.3 is 12.1 Å². The van der Waals surface area contributed by atoms with E-state index in [1.54, 1.807) is 36.5 Å². The molecule has 49 heavy (non-hydrogen) atoms. The van der Waals surface area contributed by atoms with E-state index in [-0.39, 0.29) is 25.9 Å². The number of aromatic amines is 1. The lowest BCUT2D eigenvalue weighted by molar-refractivity contribution is -0.141. The van der Waals surface area contributed by atoms with Crippen molar-refractivity contribution in [2.24, 2.45) is 5.73 Å². The third kappa shape index (κ3) is 12.5. The van der Waals surface area contributed by atoms with Gasteiger partial charge in [-0.25, -0.2) is 4.79 Å². The number of H-pyrrole nitrogens is 1. The number of para-hydroxylation sites is 1. The van der Waals surface area contributed by atoms with Crippen molar-refractivity contribution in [2.75, 3.05) is 18.6 Å². The molecule has 0 unspecified atom stereocenters. The molecule has 0 aliphatic rings. The lowest BCUT2D eigenvalue weighted by atomic mass is 10.0. The lowest BCUT2D eigenvalue weighted by Crippen LogP contribution is -2.59. The SMILES string of the molecule is CCCCOC(=O)N[C@@H](Cc1c[nH]c2ccccc12)C(=O)N[C@@H](CCSC)C(=O)N[C@@H](CC(=O)O)C(=O)N[C@@H](Cc1ccccc1)C(N)=O. The molecule has 0 fully saturated rings. The van der Waals surface area contributed by atoms with E-state index in [9.17, 15) is 33.9 Å². The topological polar surface area (TPSA) is 222 Å². The number of carbonyl (C=O) groups excluding carboxylic acids is 5. The molecule has 14 nitrogen and oxygen atoms in total. The summed E-state index contributed by atoms with van der Waals surface area (Å²) in [6, 6.07) is 11.1. The minimum atomic E-state index is -1.59. The summed E-state index contributed by atoms with van der Waals surface area (Å²) >= 11 is 1.41. The zero-order valence-electron chi connectivity index (χ0n) is 27.5. The summed E-state index contributed by atoms with van der Waals surface area (Å²) in [6.07, 6.45) is 3.63. The van der Waals surface area contributed by atoms with E-state index in [0.717, 1.165) is 22.9 Å². The number of primary amides is 1. The maximum atomic E-state index is 13.7. The highest BCUT2D eigenvalue weighted by Gasteiger charge is 2.32. The minimum Gasteiger partial charge on any atom is -0.481 e. The van der Waals surface area contributed by atoms with Crippen LogP contribution in [0, 0.1) is 0 Å². The number of alkyl carbamates (subject to hydrolysis) is 1. The quantitative estimate of drug-likeness (QED) is 0.0858. The Labute approximate surface area is 288 Å². The van der Waals surface area contributed by atoms with Crippen LogP contribution in [-0.4, -0.2) is 88.6 Å². The normalized spacial score (nSPS) is 13.3. The van der Waals surface area contributed by atoms with Crippen LogP contribution in [0.5, 0.6) is 0 Å². The van der Waals surface area contributed by atoms with Gasteiger partial charge in [-0.2, -0.15) is 11.8 Å². The second kappa shape index (κ2) is 19.7. The van der Waals surface area contributed by atoms with Crippen LogP contribution < -0.4 is 27.0 Å². The largest absolute Gasteiger partial charge is 0.481 e. The maximum absolute atomic E-state index is 13.7. The van der Waals surface area contributed by atoms with E-state index in [1.165, 1.54) is 11.8 Å². The van der Waals surface area contributed by atoms with Crippen molar-refractivity contribution < 1.29 is 38.6 Å². The molecule has 4 atom stereocenters. The summed E-state index contributed by atoms with van der Waals surface area (Å²) in [7, 11) is 0. The number of carboxylic acid groups (broad SMARTS) is 1. The van der Waals surface area contributed by atoms with E-state index in [1.807, 2.05) is 37.4 Å². The number of nitrogens with two attached hydrogens (primary N) is 1. The molecule has 0 aliphatic carbocycles. The fraction of sp³-hybridized carbons (Fsp3) is 0.412. The first-order valence-corrected chi connectivity index (χ1v) is 17.3. The number of benzene rings is 2. The smallest absolute Gasteiger partial charge is 0.407 e. The van der Waals surface area contributed by atoms with E-state index in [4.69, 9.17) is 10.5 Å². The summed E-state index contributed by atoms with van der Waals surface area (Å²) in [5.74, 6) is -4.24. The first kappa shape index (κ1) is 38.4. The van der Waals surface area contributed by atoms with E-state index >= 15 is 0 Å². The fourth-order valence-electron chi connectivity index (χ4n) is 5.00. The summed E-state index contributed by atoms with van der Waals surface area (Å²) in [6.45, 7) is 2.11. The van der Waals surface area contributed by atoms with Crippen molar-refractivity contribution >= 4 is 58.4 Å². The van der Waals surface area contributed by atoms with E-state index in [2.05, 4.69) is 26.3 Å². The number of fused-ring (bicyclic) bond motifs is 1. The van der Waals surface area contributed by atoms with E-state index in [0.29, 0.717) is 17.7 Å². The van der Waals surface area contributed by atoms with Gasteiger partial charge in [0.25, 0.3) is 0 Å². The van der Waals surface area contributed by atoms with Crippen LogP contribution in [0.3, 0.4) is 0 Å². The van der Waals surface area contributed by atoms with Crippen molar-refractivity contribution in [1.29, 1.82) is 0 Å². The molecule has 1 heterocycles. The van der Waals surface area contributed by atoms with Gasteiger partial charge in [0.15, 0.2) is 0 Å². The molecule has 0 saturated heterocycles. The molecule has 15 heteroatoms. The van der Waals surface area contributed by atoms with Crippen molar-refractivity contribution in [3.8, 4) is 0 Å². The van der Waals surface area contributed by atoms with Gasteiger partial charge in [-0.05, 0) is 42.0 Å². The van der Waals surface area contributed by atoms with Crippen LogP contribution in [0.25, 0.3) is 10.9 Å². The average Bonchev–Trinajstić information content (AvgIpc) is 3.48. The Hall–Kier alpha value is -5.05. The number of aliphatic carboxylic acids is 1. The fourth-order valence-corrected chi connectivity index (χ4v) is 5.47. The predicted molar refractivity (Wildman–Crippen MR) is 186 cm³/mol. The number of hydrogen-bond donors (Lipinski definition) is 7. The van der Waals surface area contributed by atoms with Gasteiger partial charge in [-0.15, -0.1) is 0 Å². The van der Waals surface area contributed by atoms with Crippen molar-refractivity contribution in [2.45, 2.75) is 69.6 Å². The number of aromatic nitrogens is 1. The number of thioether (sulfide) groups is 1. The van der Waals surface area contributed by atoms with Crippen molar-refractivity contribution in [3.05, 3.63) is 71.9 Å². The zero-order valence-corrected chi connectivity index (χ0v) is 28.3. The molecule has 2 aromatic carbocycles. The standard InChI is InChI=1S/C34H44N6O8S/c1-3-4-15-48-34(47)40-27(18-22-20-36-24-13-9-8-12-23(22)24)32(45)37-25(14-16-49-2)31(44)39-28(19-29(41)42)33(46)38-26(30(35)43)17-21-10-6-5-7-11-21/h5-13,20,25-28,36H,3-4,14-19H2,1-2H3,(H2,35,43)(H,37,45)(H,38,46)(H,39,44)(H,40,47)(H,41,42)/t25-,26-,27-,28-/m0/s1. The highest BCUT2D eigenvalue weighted by molar-refractivity contribution is 7.98. The molecule has 0 radical (unpaired) electrons. The van der Waals surface area contributed by atoms with Gasteiger partial charge in [-0.1, -0.05) is 61.9 Å². The van der Waals surface area contributed by atoms with Crippen molar-refractivity contribution in [1.82, 2.24) is 26.3 Å². The summed E-state index contributed by atoms with van der Waals surface area (Å²) in [5, 5.41) is 20.5. The molecule has 0 saturated carbocycles. The Morgan fingerprint density at radius 2 is 1.47 bits per heavy atom. The predicted octanol–water partition coefficient (Wildman–Crippen LogP) is 2.02. The highest BCUT2D eigenvalue weighted by Crippen LogP contribution is 2.19. The first-order chi connectivity index (χ1) is 23.5. The minimum absolute atomic E-state index is 0.0494. The Kier molecular flexibility index (Phi) is 15.4.